The quantitative estimate of drug-likeness (QED) is 0.929. The molecule has 5 nitrogen and oxygen atoms in total. The number of carbonyl (C=O) groups is 2. The van der Waals surface area contributed by atoms with Gasteiger partial charge in [0, 0.05) is 19.1 Å². The molecule has 0 aromatic heterocycles. The molecule has 1 unspecified atom stereocenters. The van der Waals surface area contributed by atoms with E-state index in [-0.39, 0.29) is 17.5 Å². The number of carbonyl (C=O) groups excluding carboxylic acids is 2. The van der Waals surface area contributed by atoms with Crippen LogP contribution in [0.3, 0.4) is 0 Å². The van der Waals surface area contributed by atoms with E-state index in [1.54, 1.807) is 24.0 Å². The van der Waals surface area contributed by atoms with E-state index in [1.165, 1.54) is 12.1 Å². The van der Waals surface area contributed by atoms with Gasteiger partial charge in [0.25, 0.3) is 5.91 Å². The fourth-order valence-electron chi connectivity index (χ4n) is 2.42. The lowest BCUT2D eigenvalue weighted by Crippen LogP contribution is -2.49. The summed E-state index contributed by atoms with van der Waals surface area (Å²) in [6, 6.07) is 5.77. The maximum atomic E-state index is 13.7. The van der Waals surface area contributed by atoms with E-state index in [0.29, 0.717) is 19.7 Å². The Morgan fingerprint density at radius 3 is 2.90 bits per heavy atom. The molecular weight excluding hydrogens is 275 g/mol. The molecule has 1 aliphatic rings. The normalized spacial score (nSPS) is 18.2. The molecule has 0 aliphatic carbocycles. The molecule has 1 N–H and O–H groups in total. The van der Waals surface area contributed by atoms with E-state index in [2.05, 4.69) is 5.32 Å². The van der Waals surface area contributed by atoms with Crippen LogP contribution in [0.1, 0.15) is 30.1 Å². The molecular formula is C15H19FN2O3. The minimum Gasteiger partial charge on any atom is -0.450 e. The van der Waals surface area contributed by atoms with Gasteiger partial charge in [-0.2, -0.15) is 0 Å². The Balaban J connectivity index is 1.99. The molecule has 0 bridgehead atoms. The minimum atomic E-state index is -0.525. The molecule has 1 aromatic rings. The highest BCUT2D eigenvalue weighted by molar-refractivity contribution is 5.94. The first-order valence-electron chi connectivity index (χ1n) is 7.09. The summed E-state index contributed by atoms with van der Waals surface area (Å²) in [4.78, 5) is 25.3. The number of rotatable bonds is 3. The van der Waals surface area contributed by atoms with E-state index in [0.717, 1.165) is 12.8 Å². The van der Waals surface area contributed by atoms with Crippen LogP contribution >= 0.6 is 0 Å². The molecule has 2 rings (SSSR count). The lowest BCUT2D eigenvalue weighted by molar-refractivity contribution is 0.0681. The third-order valence-corrected chi connectivity index (χ3v) is 3.41. The van der Waals surface area contributed by atoms with Crippen LogP contribution in [0.4, 0.5) is 9.18 Å². The van der Waals surface area contributed by atoms with Gasteiger partial charge in [0.1, 0.15) is 5.82 Å². The van der Waals surface area contributed by atoms with Gasteiger partial charge in [-0.15, -0.1) is 0 Å². The lowest BCUT2D eigenvalue weighted by Gasteiger charge is -2.33. The van der Waals surface area contributed by atoms with Crippen LogP contribution in [-0.2, 0) is 4.74 Å². The van der Waals surface area contributed by atoms with Crippen molar-refractivity contribution in [2.24, 2.45) is 0 Å². The Morgan fingerprint density at radius 1 is 1.43 bits per heavy atom. The number of amides is 2. The summed E-state index contributed by atoms with van der Waals surface area (Å²) < 4.78 is 18.5. The Hall–Kier alpha value is -2.11. The van der Waals surface area contributed by atoms with Gasteiger partial charge >= 0.3 is 6.09 Å². The van der Waals surface area contributed by atoms with Gasteiger partial charge < -0.3 is 15.0 Å². The maximum absolute atomic E-state index is 13.7. The number of piperidine rings is 1. The Morgan fingerprint density at radius 2 is 2.19 bits per heavy atom. The summed E-state index contributed by atoms with van der Waals surface area (Å²) in [6.07, 6.45) is 1.06. The average Bonchev–Trinajstić information content (AvgIpc) is 2.47. The monoisotopic (exact) mass is 294 g/mol. The van der Waals surface area contributed by atoms with Gasteiger partial charge in [0.05, 0.1) is 12.2 Å². The van der Waals surface area contributed by atoms with Gasteiger partial charge in [-0.1, -0.05) is 12.1 Å². The molecule has 114 valence electrons. The van der Waals surface area contributed by atoms with Crippen LogP contribution in [0.2, 0.25) is 0 Å². The highest BCUT2D eigenvalue weighted by Crippen LogP contribution is 2.16. The summed E-state index contributed by atoms with van der Waals surface area (Å²) in [7, 11) is 0. The number of halogens is 1. The standard InChI is InChI=1S/C15H19FN2O3/c1-2-21-15(20)17-11-6-5-9-18(10-11)14(19)12-7-3-4-8-13(12)16/h3-4,7-8,11H,2,5-6,9-10H2,1H3,(H,17,20). The number of nitrogens with zero attached hydrogens (tertiary/aromatic N) is 1. The number of hydrogen-bond acceptors (Lipinski definition) is 3. The molecule has 2 amide bonds. The summed E-state index contributed by atoms with van der Waals surface area (Å²) in [5.41, 5.74) is 0.0642. The SMILES string of the molecule is CCOC(=O)NC1CCCN(C(=O)c2ccccc2F)C1. The summed E-state index contributed by atoms with van der Waals surface area (Å²) >= 11 is 0. The van der Waals surface area contributed by atoms with Crippen LogP contribution in [0.5, 0.6) is 0 Å². The maximum Gasteiger partial charge on any atom is 0.407 e. The molecule has 0 radical (unpaired) electrons. The number of benzene rings is 1. The summed E-state index contributed by atoms with van der Waals surface area (Å²) in [5, 5.41) is 2.72. The second-order valence-electron chi connectivity index (χ2n) is 4.93. The van der Waals surface area contributed by atoms with Crippen molar-refractivity contribution in [3.05, 3.63) is 35.6 Å². The molecule has 6 heteroatoms. The molecule has 0 saturated carbocycles. The molecule has 1 atom stereocenters. The zero-order valence-electron chi connectivity index (χ0n) is 12.0. The van der Waals surface area contributed by atoms with E-state index in [4.69, 9.17) is 4.74 Å². The first-order valence-corrected chi connectivity index (χ1v) is 7.09. The van der Waals surface area contributed by atoms with Crippen molar-refractivity contribution in [2.45, 2.75) is 25.8 Å². The molecule has 0 spiro atoms. The third-order valence-electron chi connectivity index (χ3n) is 3.41. The third kappa shape index (κ3) is 3.93. The Bertz CT molecular complexity index is 521. The summed E-state index contributed by atoms with van der Waals surface area (Å²) in [5.74, 6) is -0.869. The highest BCUT2D eigenvalue weighted by Gasteiger charge is 2.26. The first-order chi connectivity index (χ1) is 10.1. The number of ether oxygens (including phenoxy) is 1. The minimum absolute atomic E-state index is 0.0642. The van der Waals surface area contributed by atoms with E-state index < -0.39 is 11.9 Å². The van der Waals surface area contributed by atoms with Gasteiger partial charge in [0.2, 0.25) is 0 Å². The Labute approximate surface area is 123 Å². The van der Waals surface area contributed by atoms with Crippen molar-refractivity contribution in [3.63, 3.8) is 0 Å². The molecule has 1 heterocycles. The number of alkyl carbamates (subject to hydrolysis) is 1. The van der Waals surface area contributed by atoms with Gasteiger partial charge in [-0.3, -0.25) is 4.79 Å². The first kappa shape index (κ1) is 15.3. The van der Waals surface area contributed by atoms with Crippen LogP contribution < -0.4 is 5.32 Å². The second kappa shape index (κ2) is 7.06. The van der Waals surface area contributed by atoms with Gasteiger partial charge in [-0.25, -0.2) is 9.18 Å². The van der Waals surface area contributed by atoms with Crippen molar-refractivity contribution in [1.29, 1.82) is 0 Å². The van der Waals surface area contributed by atoms with E-state index >= 15 is 0 Å². The van der Waals surface area contributed by atoms with Crippen molar-refractivity contribution < 1.29 is 18.7 Å². The van der Waals surface area contributed by atoms with Crippen molar-refractivity contribution >= 4 is 12.0 Å². The van der Waals surface area contributed by atoms with Crippen molar-refractivity contribution in [3.8, 4) is 0 Å². The zero-order chi connectivity index (χ0) is 15.2. The van der Waals surface area contributed by atoms with E-state index in [1.807, 2.05) is 0 Å². The highest BCUT2D eigenvalue weighted by atomic mass is 19.1. The number of nitrogens with one attached hydrogen (secondary N) is 1. The average molecular weight is 294 g/mol. The lowest BCUT2D eigenvalue weighted by atomic mass is 10.0. The number of hydrogen-bond donors (Lipinski definition) is 1. The fourth-order valence-corrected chi connectivity index (χ4v) is 2.42. The molecule has 1 fully saturated rings. The predicted molar refractivity (Wildman–Crippen MR) is 75.5 cm³/mol. The predicted octanol–water partition coefficient (Wildman–Crippen LogP) is 2.18. The van der Waals surface area contributed by atoms with Crippen LogP contribution in [0.15, 0.2) is 24.3 Å². The molecule has 1 aliphatic heterocycles. The number of likely N-dealkylation sites (tertiary alicyclic amines) is 1. The molecule has 21 heavy (non-hydrogen) atoms. The zero-order valence-corrected chi connectivity index (χ0v) is 12.0. The molecule has 1 saturated heterocycles. The second-order valence-corrected chi connectivity index (χ2v) is 4.93. The molecule has 1 aromatic carbocycles. The van der Waals surface area contributed by atoms with Crippen LogP contribution in [0.25, 0.3) is 0 Å². The van der Waals surface area contributed by atoms with Gasteiger partial charge in [0.15, 0.2) is 0 Å². The fraction of sp³-hybridized carbons (Fsp3) is 0.467. The van der Waals surface area contributed by atoms with Crippen molar-refractivity contribution in [2.75, 3.05) is 19.7 Å². The van der Waals surface area contributed by atoms with Gasteiger partial charge in [-0.05, 0) is 31.9 Å². The van der Waals surface area contributed by atoms with Crippen LogP contribution in [-0.4, -0.2) is 42.6 Å². The van der Waals surface area contributed by atoms with Crippen molar-refractivity contribution in [1.82, 2.24) is 10.2 Å². The smallest absolute Gasteiger partial charge is 0.407 e. The summed E-state index contributed by atoms with van der Waals surface area (Å²) in [6.45, 7) is 2.96. The van der Waals surface area contributed by atoms with Crippen LogP contribution in [0, 0.1) is 5.82 Å². The largest absolute Gasteiger partial charge is 0.450 e. The topological polar surface area (TPSA) is 58.6 Å². The van der Waals surface area contributed by atoms with E-state index in [9.17, 15) is 14.0 Å². The Kier molecular flexibility index (Phi) is 5.14.